The van der Waals surface area contributed by atoms with Crippen molar-refractivity contribution < 1.29 is 9.53 Å². The van der Waals surface area contributed by atoms with Gasteiger partial charge in [-0.1, -0.05) is 0 Å². The van der Waals surface area contributed by atoms with Gasteiger partial charge in [0.2, 0.25) is 0 Å². The molecule has 0 aromatic carbocycles. The van der Waals surface area contributed by atoms with Crippen LogP contribution in [0.2, 0.25) is 0 Å². The smallest absolute Gasteiger partial charge is 0.315 e. The average molecular weight is 343 g/mol. The number of nitrogens with one attached hydrogen (secondary N) is 2. The number of aryl methyl sites for hydroxylation is 1. The Bertz CT molecular complexity index is 722. The fourth-order valence-corrected chi connectivity index (χ4v) is 2.80. The van der Waals surface area contributed by atoms with E-state index in [1.165, 1.54) is 5.69 Å². The second-order valence-corrected chi connectivity index (χ2v) is 6.18. The second-order valence-electron chi connectivity index (χ2n) is 6.18. The van der Waals surface area contributed by atoms with Gasteiger partial charge in [-0.3, -0.25) is 0 Å². The molecule has 7 heteroatoms. The van der Waals surface area contributed by atoms with Crippen LogP contribution in [-0.4, -0.2) is 41.9 Å². The Kier molecular flexibility index (Phi) is 5.55. The SMILES string of the molecule is Cc1ccc(CNC(=O)NCc2ccnc(N3CCOCC3)c2)n1C. The maximum atomic E-state index is 12.0. The highest BCUT2D eigenvalue weighted by molar-refractivity contribution is 5.73. The maximum absolute atomic E-state index is 12.0. The minimum absolute atomic E-state index is 0.177. The van der Waals surface area contributed by atoms with Gasteiger partial charge in [-0.2, -0.15) is 0 Å². The largest absolute Gasteiger partial charge is 0.378 e. The highest BCUT2D eigenvalue weighted by Gasteiger charge is 2.12. The first-order valence-electron chi connectivity index (χ1n) is 8.54. The quantitative estimate of drug-likeness (QED) is 0.864. The van der Waals surface area contributed by atoms with Crippen molar-refractivity contribution in [3.8, 4) is 0 Å². The Morgan fingerprint density at radius 1 is 1.20 bits per heavy atom. The number of hydrogen-bond acceptors (Lipinski definition) is 4. The van der Waals surface area contributed by atoms with Crippen LogP contribution in [0.25, 0.3) is 0 Å². The molecule has 0 radical (unpaired) electrons. The predicted octanol–water partition coefficient (Wildman–Crippen LogP) is 1.56. The van der Waals surface area contributed by atoms with Gasteiger partial charge in [0.15, 0.2) is 0 Å². The standard InChI is InChI=1S/C18H25N5O2/c1-14-3-4-16(22(14)2)13-21-18(24)20-12-15-5-6-19-17(11-15)23-7-9-25-10-8-23/h3-6,11H,7-10,12-13H2,1-2H3,(H2,20,21,24). The summed E-state index contributed by atoms with van der Waals surface area (Å²) in [5, 5.41) is 5.78. The van der Waals surface area contributed by atoms with E-state index in [0.29, 0.717) is 13.1 Å². The molecule has 134 valence electrons. The fraction of sp³-hybridized carbons (Fsp3) is 0.444. The zero-order valence-electron chi connectivity index (χ0n) is 14.8. The van der Waals surface area contributed by atoms with Crippen molar-refractivity contribution in [2.75, 3.05) is 31.2 Å². The first-order valence-corrected chi connectivity index (χ1v) is 8.54. The lowest BCUT2D eigenvalue weighted by Gasteiger charge is -2.28. The molecular weight excluding hydrogens is 318 g/mol. The predicted molar refractivity (Wildman–Crippen MR) is 96.5 cm³/mol. The monoisotopic (exact) mass is 343 g/mol. The zero-order chi connectivity index (χ0) is 17.6. The van der Waals surface area contributed by atoms with Crippen molar-refractivity contribution in [2.45, 2.75) is 20.0 Å². The summed E-state index contributed by atoms with van der Waals surface area (Å²) in [5.74, 6) is 0.933. The van der Waals surface area contributed by atoms with Crippen LogP contribution in [0.3, 0.4) is 0 Å². The molecular formula is C18H25N5O2. The summed E-state index contributed by atoms with van der Waals surface area (Å²) in [7, 11) is 1.99. The number of hydrogen-bond donors (Lipinski definition) is 2. The zero-order valence-corrected chi connectivity index (χ0v) is 14.8. The molecule has 0 saturated carbocycles. The summed E-state index contributed by atoms with van der Waals surface area (Å²) in [6.45, 7) is 6.17. The van der Waals surface area contributed by atoms with Crippen LogP contribution >= 0.6 is 0 Å². The number of amides is 2. The number of rotatable bonds is 5. The van der Waals surface area contributed by atoms with E-state index < -0.39 is 0 Å². The normalized spacial score (nSPS) is 14.4. The summed E-state index contributed by atoms with van der Waals surface area (Å²) >= 11 is 0. The van der Waals surface area contributed by atoms with Crippen LogP contribution < -0.4 is 15.5 Å². The molecule has 3 heterocycles. The van der Waals surface area contributed by atoms with Gasteiger partial charge in [0.25, 0.3) is 0 Å². The molecule has 0 unspecified atom stereocenters. The van der Waals surface area contributed by atoms with E-state index in [2.05, 4.69) is 25.1 Å². The Morgan fingerprint density at radius 2 is 1.96 bits per heavy atom. The van der Waals surface area contributed by atoms with Crippen molar-refractivity contribution in [1.29, 1.82) is 0 Å². The van der Waals surface area contributed by atoms with Gasteiger partial charge >= 0.3 is 6.03 Å². The second kappa shape index (κ2) is 8.02. The van der Waals surface area contributed by atoms with Gasteiger partial charge in [-0.05, 0) is 36.8 Å². The van der Waals surface area contributed by atoms with Crippen molar-refractivity contribution in [3.63, 3.8) is 0 Å². The van der Waals surface area contributed by atoms with Crippen LogP contribution in [0.15, 0.2) is 30.5 Å². The van der Waals surface area contributed by atoms with Gasteiger partial charge in [-0.25, -0.2) is 9.78 Å². The molecule has 2 aromatic rings. The summed E-state index contributed by atoms with van der Waals surface area (Å²) in [6, 6.07) is 7.83. The van der Waals surface area contributed by atoms with E-state index >= 15 is 0 Å². The highest BCUT2D eigenvalue weighted by Crippen LogP contribution is 2.14. The van der Waals surface area contributed by atoms with E-state index in [0.717, 1.165) is 43.4 Å². The van der Waals surface area contributed by atoms with Gasteiger partial charge in [0.1, 0.15) is 5.82 Å². The Balaban J connectivity index is 1.49. The minimum atomic E-state index is -0.177. The highest BCUT2D eigenvalue weighted by atomic mass is 16.5. The van der Waals surface area contributed by atoms with Crippen LogP contribution in [-0.2, 0) is 24.9 Å². The van der Waals surface area contributed by atoms with Crippen molar-refractivity contribution in [2.24, 2.45) is 7.05 Å². The molecule has 1 saturated heterocycles. The topological polar surface area (TPSA) is 71.4 Å². The van der Waals surface area contributed by atoms with Crippen molar-refractivity contribution in [1.82, 2.24) is 20.2 Å². The Labute approximate surface area is 148 Å². The van der Waals surface area contributed by atoms with Gasteiger partial charge in [0, 0.05) is 44.3 Å². The third-order valence-corrected chi connectivity index (χ3v) is 4.50. The number of aromatic nitrogens is 2. The average Bonchev–Trinajstić information content (AvgIpc) is 2.97. The number of nitrogens with zero attached hydrogens (tertiary/aromatic N) is 3. The summed E-state index contributed by atoms with van der Waals surface area (Å²) < 4.78 is 7.43. The number of ether oxygens (including phenoxy) is 1. The molecule has 0 bridgehead atoms. The van der Waals surface area contributed by atoms with E-state index in [-0.39, 0.29) is 6.03 Å². The third kappa shape index (κ3) is 4.51. The van der Waals surface area contributed by atoms with Gasteiger partial charge in [-0.15, -0.1) is 0 Å². The number of carbonyl (C=O) groups is 1. The van der Waals surface area contributed by atoms with E-state index in [1.54, 1.807) is 6.20 Å². The number of morpholine rings is 1. The molecule has 2 amide bonds. The molecule has 0 aliphatic carbocycles. The molecule has 0 atom stereocenters. The molecule has 0 spiro atoms. The molecule has 1 fully saturated rings. The lowest BCUT2D eigenvalue weighted by molar-refractivity contribution is 0.122. The van der Waals surface area contributed by atoms with Gasteiger partial charge in [0.05, 0.1) is 19.8 Å². The number of pyridine rings is 1. The maximum Gasteiger partial charge on any atom is 0.315 e. The number of anilines is 1. The molecule has 2 N–H and O–H groups in total. The minimum Gasteiger partial charge on any atom is -0.378 e. The molecule has 1 aliphatic rings. The van der Waals surface area contributed by atoms with Crippen LogP contribution in [0, 0.1) is 6.92 Å². The Morgan fingerprint density at radius 3 is 2.68 bits per heavy atom. The fourth-order valence-electron chi connectivity index (χ4n) is 2.80. The van der Waals surface area contributed by atoms with E-state index in [9.17, 15) is 4.79 Å². The molecule has 25 heavy (non-hydrogen) atoms. The first-order chi connectivity index (χ1) is 12.1. The van der Waals surface area contributed by atoms with Crippen LogP contribution in [0.4, 0.5) is 10.6 Å². The van der Waals surface area contributed by atoms with Crippen LogP contribution in [0.1, 0.15) is 17.0 Å². The molecule has 7 nitrogen and oxygen atoms in total. The summed E-state index contributed by atoms with van der Waals surface area (Å²) in [5.41, 5.74) is 3.28. The number of carbonyl (C=O) groups excluding carboxylic acids is 1. The molecule has 1 aliphatic heterocycles. The van der Waals surface area contributed by atoms with Gasteiger partial charge < -0.3 is 24.8 Å². The first kappa shape index (κ1) is 17.3. The van der Waals surface area contributed by atoms with Crippen molar-refractivity contribution >= 4 is 11.8 Å². The molecule has 3 rings (SSSR count). The summed E-state index contributed by atoms with van der Waals surface area (Å²) in [6.07, 6.45) is 1.78. The Hall–Kier alpha value is -2.54. The van der Waals surface area contributed by atoms with Crippen molar-refractivity contribution in [3.05, 3.63) is 47.4 Å². The van der Waals surface area contributed by atoms with E-state index in [1.807, 2.05) is 38.2 Å². The lowest BCUT2D eigenvalue weighted by Crippen LogP contribution is -2.37. The third-order valence-electron chi connectivity index (χ3n) is 4.50. The number of urea groups is 1. The molecule has 2 aromatic heterocycles. The lowest BCUT2D eigenvalue weighted by atomic mass is 10.2. The summed E-state index contributed by atoms with van der Waals surface area (Å²) in [4.78, 5) is 18.6. The van der Waals surface area contributed by atoms with Crippen LogP contribution in [0.5, 0.6) is 0 Å². The van der Waals surface area contributed by atoms with E-state index in [4.69, 9.17) is 4.74 Å².